The Bertz CT molecular complexity index is 872. The average Bonchev–Trinajstić information content (AvgIpc) is 3.01. The Morgan fingerprint density at radius 3 is 2.71 bits per heavy atom. The average molecular weight is 340 g/mol. The number of carbonyl (C=O) groups is 1. The van der Waals surface area contributed by atoms with E-state index >= 15 is 0 Å². The highest BCUT2D eigenvalue weighted by Gasteiger charge is 2.32. The number of para-hydroxylation sites is 1. The molecule has 1 aromatic heterocycles. The summed E-state index contributed by atoms with van der Waals surface area (Å²) in [5.41, 5.74) is 1.46. The molecule has 3 aromatic rings. The molecule has 0 atom stereocenters. The van der Waals surface area contributed by atoms with Crippen molar-refractivity contribution in [1.82, 2.24) is 4.98 Å². The van der Waals surface area contributed by atoms with Crippen molar-refractivity contribution in [2.75, 3.05) is 25.1 Å². The monoisotopic (exact) mass is 340 g/mol. The third-order valence-corrected chi connectivity index (χ3v) is 5.07. The number of hydrogen-bond acceptors (Lipinski definition) is 6. The van der Waals surface area contributed by atoms with Crippen LogP contribution in [0.3, 0.4) is 0 Å². The molecule has 5 nitrogen and oxygen atoms in total. The number of anilines is 1. The minimum absolute atomic E-state index is 0.0911. The highest BCUT2D eigenvalue weighted by Crippen LogP contribution is 2.35. The first-order chi connectivity index (χ1) is 11.7. The molecule has 0 radical (unpaired) electrons. The Hall–Kier alpha value is -2.60. The predicted octanol–water partition coefficient (Wildman–Crippen LogP) is 3.35. The number of fused-ring (bicyclic) bond motifs is 1. The van der Waals surface area contributed by atoms with Gasteiger partial charge in [-0.15, -0.1) is 0 Å². The number of benzene rings is 2. The molecule has 1 saturated heterocycles. The zero-order valence-electron chi connectivity index (χ0n) is 13.1. The van der Waals surface area contributed by atoms with Crippen molar-refractivity contribution in [1.29, 1.82) is 0 Å². The molecule has 0 amide bonds. The van der Waals surface area contributed by atoms with E-state index < -0.39 is 0 Å². The van der Waals surface area contributed by atoms with Gasteiger partial charge in [0.2, 0.25) is 0 Å². The van der Waals surface area contributed by atoms with Gasteiger partial charge in [-0.25, -0.2) is 9.78 Å². The fourth-order valence-electron chi connectivity index (χ4n) is 2.67. The van der Waals surface area contributed by atoms with Gasteiger partial charge >= 0.3 is 5.97 Å². The molecule has 0 unspecified atom stereocenters. The maximum absolute atomic E-state index is 12.0. The van der Waals surface area contributed by atoms with Gasteiger partial charge in [0, 0.05) is 0 Å². The van der Waals surface area contributed by atoms with Gasteiger partial charge in [0.05, 0.1) is 30.5 Å². The quantitative estimate of drug-likeness (QED) is 0.682. The van der Waals surface area contributed by atoms with Crippen molar-refractivity contribution in [3.8, 4) is 5.75 Å². The fourth-order valence-corrected chi connectivity index (χ4v) is 3.68. The van der Waals surface area contributed by atoms with E-state index in [4.69, 9.17) is 9.47 Å². The summed E-state index contributed by atoms with van der Waals surface area (Å²) in [6.45, 7) is 1.33. The van der Waals surface area contributed by atoms with Gasteiger partial charge in [-0.2, -0.15) is 0 Å². The molecular formula is C18H16N2O3S. The Morgan fingerprint density at radius 2 is 1.96 bits per heavy atom. The summed E-state index contributed by atoms with van der Waals surface area (Å²) in [4.78, 5) is 18.8. The number of carbonyl (C=O) groups excluding carboxylic acids is 1. The third kappa shape index (κ3) is 2.69. The summed E-state index contributed by atoms with van der Waals surface area (Å²) in [7, 11) is 1.65. The lowest BCUT2D eigenvalue weighted by molar-refractivity contribution is 0.0234. The molecule has 2 aromatic carbocycles. The molecule has 0 aliphatic carbocycles. The first-order valence-electron chi connectivity index (χ1n) is 7.69. The molecule has 1 aliphatic rings. The lowest BCUT2D eigenvalue weighted by atomic mass is 10.2. The Kier molecular flexibility index (Phi) is 3.82. The predicted molar refractivity (Wildman–Crippen MR) is 94.0 cm³/mol. The number of methoxy groups -OCH3 is 1. The van der Waals surface area contributed by atoms with Crippen LogP contribution in [0.2, 0.25) is 0 Å². The van der Waals surface area contributed by atoms with Gasteiger partial charge in [0.25, 0.3) is 0 Å². The van der Waals surface area contributed by atoms with Crippen LogP contribution in [0, 0.1) is 0 Å². The molecule has 0 saturated carbocycles. The Morgan fingerprint density at radius 1 is 1.17 bits per heavy atom. The van der Waals surface area contributed by atoms with Crippen molar-refractivity contribution in [3.63, 3.8) is 0 Å². The van der Waals surface area contributed by atoms with Crippen molar-refractivity contribution >= 4 is 32.7 Å². The van der Waals surface area contributed by atoms with Gasteiger partial charge in [-0.1, -0.05) is 35.6 Å². The van der Waals surface area contributed by atoms with E-state index in [9.17, 15) is 4.79 Å². The van der Waals surface area contributed by atoms with Crippen LogP contribution < -0.4 is 9.64 Å². The van der Waals surface area contributed by atoms with Crippen LogP contribution in [0.4, 0.5) is 5.13 Å². The van der Waals surface area contributed by atoms with E-state index in [0.717, 1.165) is 21.1 Å². The molecule has 0 spiro atoms. The van der Waals surface area contributed by atoms with E-state index in [1.807, 2.05) is 36.4 Å². The normalized spacial score (nSPS) is 14.5. The molecule has 122 valence electrons. The first kappa shape index (κ1) is 15.0. The van der Waals surface area contributed by atoms with Crippen LogP contribution in [-0.2, 0) is 4.74 Å². The summed E-state index contributed by atoms with van der Waals surface area (Å²) in [6, 6.07) is 15.0. The second-order valence-electron chi connectivity index (χ2n) is 5.60. The van der Waals surface area contributed by atoms with Crippen LogP contribution in [0.15, 0.2) is 48.5 Å². The highest BCUT2D eigenvalue weighted by molar-refractivity contribution is 7.22. The lowest BCUT2D eigenvalue weighted by Crippen LogP contribution is -2.53. The molecule has 0 N–H and O–H groups in total. The standard InChI is InChI=1S/C18H16N2O3S/c1-22-14-8-5-9-15-16(14)19-18(24-15)20-10-13(11-20)23-17(21)12-6-3-2-4-7-12/h2-9,13H,10-11H2,1H3. The SMILES string of the molecule is COc1cccc2sc(N3CC(OC(=O)c4ccccc4)C3)nc12. The van der Waals surface area contributed by atoms with E-state index in [0.29, 0.717) is 18.7 Å². The number of hydrogen-bond donors (Lipinski definition) is 0. The highest BCUT2D eigenvalue weighted by atomic mass is 32.1. The van der Waals surface area contributed by atoms with Gasteiger partial charge in [0.1, 0.15) is 17.4 Å². The number of aromatic nitrogens is 1. The van der Waals surface area contributed by atoms with Crippen LogP contribution in [0.1, 0.15) is 10.4 Å². The topological polar surface area (TPSA) is 51.7 Å². The summed E-state index contributed by atoms with van der Waals surface area (Å²) in [5.74, 6) is 0.508. The lowest BCUT2D eigenvalue weighted by Gasteiger charge is -2.38. The van der Waals surface area contributed by atoms with Crippen LogP contribution in [0.5, 0.6) is 5.75 Å². The molecule has 1 fully saturated rings. The van der Waals surface area contributed by atoms with E-state index in [2.05, 4.69) is 9.88 Å². The maximum Gasteiger partial charge on any atom is 0.338 e. The summed E-state index contributed by atoms with van der Waals surface area (Å²) in [5, 5.41) is 0.932. The van der Waals surface area contributed by atoms with Crippen LogP contribution in [0.25, 0.3) is 10.2 Å². The van der Waals surface area contributed by atoms with Crippen molar-refractivity contribution in [2.45, 2.75) is 6.10 Å². The number of rotatable bonds is 4. The number of thiazole rings is 1. The van der Waals surface area contributed by atoms with Crippen molar-refractivity contribution in [3.05, 3.63) is 54.1 Å². The molecule has 0 bridgehead atoms. The minimum Gasteiger partial charge on any atom is -0.494 e. The Balaban J connectivity index is 1.42. The van der Waals surface area contributed by atoms with Crippen molar-refractivity contribution < 1.29 is 14.3 Å². The number of esters is 1. The zero-order chi connectivity index (χ0) is 16.5. The minimum atomic E-state index is -0.272. The summed E-state index contributed by atoms with van der Waals surface area (Å²) >= 11 is 1.62. The van der Waals surface area contributed by atoms with Gasteiger partial charge in [-0.3, -0.25) is 0 Å². The molecule has 4 rings (SSSR count). The fraction of sp³-hybridized carbons (Fsp3) is 0.222. The molecule has 24 heavy (non-hydrogen) atoms. The zero-order valence-corrected chi connectivity index (χ0v) is 14.0. The van der Waals surface area contributed by atoms with E-state index in [1.165, 1.54) is 0 Å². The molecular weight excluding hydrogens is 324 g/mol. The van der Waals surface area contributed by atoms with Crippen LogP contribution >= 0.6 is 11.3 Å². The smallest absolute Gasteiger partial charge is 0.338 e. The second-order valence-corrected chi connectivity index (χ2v) is 6.61. The molecule has 1 aliphatic heterocycles. The van der Waals surface area contributed by atoms with Gasteiger partial charge in [0.15, 0.2) is 5.13 Å². The van der Waals surface area contributed by atoms with Crippen molar-refractivity contribution in [2.24, 2.45) is 0 Å². The third-order valence-electron chi connectivity index (χ3n) is 3.99. The van der Waals surface area contributed by atoms with E-state index in [-0.39, 0.29) is 12.1 Å². The Labute approximate surface area is 143 Å². The number of ether oxygens (including phenoxy) is 2. The summed E-state index contributed by atoms with van der Waals surface area (Å²) < 4.78 is 12.0. The van der Waals surface area contributed by atoms with Gasteiger partial charge < -0.3 is 14.4 Å². The maximum atomic E-state index is 12.0. The number of nitrogens with zero attached hydrogens (tertiary/aromatic N) is 2. The molecule has 2 heterocycles. The van der Waals surface area contributed by atoms with Gasteiger partial charge in [-0.05, 0) is 24.3 Å². The van der Waals surface area contributed by atoms with Crippen LogP contribution in [-0.4, -0.2) is 37.3 Å². The largest absolute Gasteiger partial charge is 0.494 e. The first-order valence-corrected chi connectivity index (χ1v) is 8.51. The summed E-state index contributed by atoms with van der Waals surface area (Å²) in [6.07, 6.45) is -0.0911. The van der Waals surface area contributed by atoms with E-state index in [1.54, 1.807) is 30.6 Å². The second kappa shape index (κ2) is 6.13. The molecule has 6 heteroatoms.